The molecule has 1 heterocycles. The van der Waals surface area contributed by atoms with Crippen molar-refractivity contribution in [3.8, 4) is 0 Å². The summed E-state index contributed by atoms with van der Waals surface area (Å²) < 4.78 is 5.84. The molecule has 0 aromatic carbocycles. The minimum atomic E-state index is 0.392. The molecule has 0 atom stereocenters. The quantitative estimate of drug-likeness (QED) is 0.750. The fourth-order valence-electron chi connectivity index (χ4n) is 2.19. The van der Waals surface area contributed by atoms with Crippen LogP contribution < -0.4 is 11.1 Å². The lowest BCUT2D eigenvalue weighted by Crippen LogP contribution is -2.30. The largest absolute Gasteiger partial charge is 0.378 e. The van der Waals surface area contributed by atoms with Crippen molar-refractivity contribution in [2.24, 2.45) is 5.73 Å². The van der Waals surface area contributed by atoms with E-state index in [1.807, 2.05) is 12.1 Å². The van der Waals surface area contributed by atoms with Crippen molar-refractivity contribution in [1.29, 1.82) is 0 Å². The second kappa shape index (κ2) is 7.28. The van der Waals surface area contributed by atoms with Gasteiger partial charge in [0.2, 0.25) is 0 Å². The molecular formula is C13H22N4O. The molecule has 3 N–H and O–H groups in total. The van der Waals surface area contributed by atoms with Gasteiger partial charge in [0.15, 0.2) is 0 Å². The first-order chi connectivity index (χ1) is 8.84. The first kappa shape index (κ1) is 13.2. The van der Waals surface area contributed by atoms with Crippen LogP contribution in [0, 0.1) is 0 Å². The Bertz CT molecular complexity index is 325. The molecule has 0 amide bonds. The summed E-state index contributed by atoms with van der Waals surface area (Å²) in [6.45, 7) is 1.66. The third-order valence-corrected chi connectivity index (χ3v) is 3.27. The Morgan fingerprint density at radius 3 is 2.89 bits per heavy atom. The predicted molar refractivity (Wildman–Crippen MR) is 71.3 cm³/mol. The van der Waals surface area contributed by atoms with Crippen LogP contribution in [0.25, 0.3) is 0 Å². The van der Waals surface area contributed by atoms with Gasteiger partial charge in [-0.3, -0.25) is 0 Å². The highest BCUT2D eigenvalue weighted by Crippen LogP contribution is 2.19. The van der Waals surface area contributed by atoms with E-state index in [9.17, 15) is 0 Å². The van der Waals surface area contributed by atoms with Crippen molar-refractivity contribution in [3.05, 3.63) is 18.3 Å². The van der Waals surface area contributed by atoms with Crippen LogP contribution in [0.5, 0.6) is 0 Å². The van der Waals surface area contributed by atoms with Crippen molar-refractivity contribution >= 4 is 5.82 Å². The molecule has 0 spiro atoms. The summed E-state index contributed by atoms with van der Waals surface area (Å²) in [7, 11) is 0. The van der Waals surface area contributed by atoms with E-state index in [-0.39, 0.29) is 0 Å². The average Bonchev–Trinajstić information content (AvgIpc) is 2.42. The first-order valence-electron chi connectivity index (χ1n) is 6.73. The lowest BCUT2D eigenvalue weighted by molar-refractivity contribution is 0.0251. The molecular weight excluding hydrogens is 228 g/mol. The third-order valence-electron chi connectivity index (χ3n) is 3.27. The molecule has 5 nitrogen and oxygen atoms in total. The lowest BCUT2D eigenvalue weighted by atomic mass is 9.94. The molecule has 1 aromatic heterocycles. The Morgan fingerprint density at radius 1 is 1.33 bits per heavy atom. The third kappa shape index (κ3) is 4.58. The number of nitrogens with two attached hydrogens (primary N) is 1. The summed E-state index contributed by atoms with van der Waals surface area (Å²) in [5, 5.41) is 11.0. The van der Waals surface area contributed by atoms with Crippen molar-refractivity contribution in [2.45, 2.75) is 44.2 Å². The summed E-state index contributed by atoms with van der Waals surface area (Å²) in [5.41, 5.74) is 5.86. The van der Waals surface area contributed by atoms with E-state index in [1.165, 1.54) is 0 Å². The van der Waals surface area contributed by atoms with Gasteiger partial charge < -0.3 is 15.8 Å². The topological polar surface area (TPSA) is 73.1 Å². The second-order valence-electron chi connectivity index (χ2n) is 4.80. The number of ether oxygens (including phenoxy) is 1. The number of aromatic nitrogens is 2. The van der Waals surface area contributed by atoms with Crippen LogP contribution >= 0.6 is 0 Å². The minimum absolute atomic E-state index is 0.392. The van der Waals surface area contributed by atoms with Crippen LogP contribution in [0.15, 0.2) is 18.3 Å². The van der Waals surface area contributed by atoms with Crippen molar-refractivity contribution in [2.75, 3.05) is 18.5 Å². The molecule has 0 saturated heterocycles. The molecule has 1 aromatic rings. The van der Waals surface area contributed by atoms with Crippen LogP contribution in [-0.2, 0) is 4.74 Å². The van der Waals surface area contributed by atoms with Crippen molar-refractivity contribution < 1.29 is 4.74 Å². The van der Waals surface area contributed by atoms with Crippen LogP contribution in [-0.4, -0.2) is 35.5 Å². The zero-order valence-electron chi connectivity index (χ0n) is 10.7. The van der Waals surface area contributed by atoms with E-state index in [0.29, 0.717) is 12.1 Å². The number of nitrogens with one attached hydrogen (secondary N) is 1. The van der Waals surface area contributed by atoms with E-state index in [4.69, 9.17) is 10.5 Å². The SMILES string of the molecule is NC1CCC(OCCCNc2cccnn2)CC1. The zero-order chi connectivity index (χ0) is 12.6. The maximum absolute atomic E-state index is 5.86. The fourth-order valence-corrected chi connectivity index (χ4v) is 2.19. The Hall–Kier alpha value is -1.20. The molecule has 0 radical (unpaired) electrons. The van der Waals surface area contributed by atoms with Gasteiger partial charge in [-0.1, -0.05) is 0 Å². The van der Waals surface area contributed by atoms with E-state index in [2.05, 4.69) is 15.5 Å². The van der Waals surface area contributed by atoms with E-state index < -0.39 is 0 Å². The maximum atomic E-state index is 5.86. The number of nitrogens with zero attached hydrogens (tertiary/aromatic N) is 2. The van der Waals surface area contributed by atoms with Gasteiger partial charge in [-0.2, -0.15) is 5.10 Å². The van der Waals surface area contributed by atoms with Crippen molar-refractivity contribution in [1.82, 2.24) is 10.2 Å². The Labute approximate surface area is 108 Å². The van der Waals surface area contributed by atoms with Gasteiger partial charge in [0.05, 0.1) is 6.10 Å². The lowest BCUT2D eigenvalue weighted by Gasteiger charge is -2.26. The van der Waals surface area contributed by atoms with Crippen molar-refractivity contribution in [3.63, 3.8) is 0 Å². The summed E-state index contributed by atoms with van der Waals surface area (Å²) in [6, 6.07) is 4.18. The smallest absolute Gasteiger partial charge is 0.148 e. The van der Waals surface area contributed by atoms with Gasteiger partial charge in [-0.15, -0.1) is 5.10 Å². The van der Waals surface area contributed by atoms with E-state index in [1.54, 1.807) is 6.20 Å². The molecule has 1 aliphatic carbocycles. The molecule has 1 fully saturated rings. The molecule has 5 heteroatoms. The number of anilines is 1. The second-order valence-corrected chi connectivity index (χ2v) is 4.80. The summed E-state index contributed by atoms with van der Waals surface area (Å²) in [4.78, 5) is 0. The first-order valence-corrected chi connectivity index (χ1v) is 6.73. The highest BCUT2D eigenvalue weighted by Gasteiger charge is 2.18. The van der Waals surface area contributed by atoms with Gasteiger partial charge in [-0.25, -0.2) is 0 Å². The van der Waals surface area contributed by atoms with Gasteiger partial charge in [0.1, 0.15) is 5.82 Å². The Kier molecular flexibility index (Phi) is 5.36. The molecule has 1 saturated carbocycles. The maximum Gasteiger partial charge on any atom is 0.148 e. The molecule has 0 unspecified atom stereocenters. The average molecular weight is 250 g/mol. The highest BCUT2D eigenvalue weighted by molar-refractivity contribution is 5.30. The molecule has 2 rings (SSSR count). The Balaban J connectivity index is 1.51. The molecule has 0 aliphatic heterocycles. The number of hydrogen-bond acceptors (Lipinski definition) is 5. The van der Waals surface area contributed by atoms with Gasteiger partial charge >= 0.3 is 0 Å². The number of hydrogen-bond donors (Lipinski definition) is 2. The van der Waals surface area contributed by atoms with Gasteiger partial charge in [-0.05, 0) is 44.2 Å². The number of rotatable bonds is 6. The van der Waals surface area contributed by atoms with E-state index >= 15 is 0 Å². The predicted octanol–water partition coefficient (Wildman–Crippen LogP) is 1.57. The minimum Gasteiger partial charge on any atom is -0.378 e. The Morgan fingerprint density at radius 2 is 2.17 bits per heavy atom. The van der Waals surface area contributed by atoms with Crippen LogP contribution in [0.4, 0.5) is 5.82 Å². The standard InChI is InChI=1S/C13H22N4O/c14-11-4-6-12(7-5-11)18-10-2-8-15-13-3-1-9-16-17-13/h1,3,9,11-12H,2,4-8,10,14H2,(H,15,17). The summed E-state index contributed by atoms with van der Waals surface area (Å²) in [5.74, 6) is 0.820. The normalized spacial score (nSPS) is 23.8. The molecule has 100 valence electrons. The van der Waals surface area contributed by atoms with Crippen LogP contribution in [0.3, 0.4) is 0 Å². The monoisotopic (exact) mass is 250 g/mol. The van der Waals surface area contributed by atoms with Crippen LogP contribution in [0.1, 0.15) is 32.1 Å². The fraction of sp³-hybridized carbons (Fsp3) is 0.692. The molecule has 0 bridgehead atoms. The summed E-state index contributed by atoms with van der Waals surface area (Å²) >= 11 is 0. The zero-order valence-corrected chi connectivity index (χ0v) is 10.7. The molecule has 18 heavy (non-hydrogen) atoms. The van der Waals surface area contributed by atoms with E-state index in [0.717, 1.165) is 51.1 Å². The van der Waals surface area contributed by atoms with Gasteiger partial charge in [0, 0.05) is 25.4 Å². The highest BCUT2D eigenvalue weighted by atomic mass is 16.5. The molecule has 1 aliphatic rings. The van der Waals surface area contributed by atoms with Gasteiger partial charge in [0.25, 0.3) is 0 Å². The summed E-state index contributed by atoms with van der Waals surface area (Å²) in [6.07, 6.45) is 7.49. The van der Waals surface area contributed by atoms with Crippen LogP contribution in [0.2, 0.25) is 0 Å².